The molecule has 326 valence electrons. The summed E-state index contributed by atoms with van der Waals surface area (Å²) in [7, 11) is 1.41. The summed E-state index contributed by atoms with van der Waals surface area (Å²) in [6.07, 6.45) is 44.0. The fourth-order valence-corrected chi connectivity index (χ4v) is 6.38. The Bertz CT molecular complexity index is 1270. The second-order valence-corrected chi connectivity index (χ2v) is 17.2. The highest BCUT2D eigenvalue weighted by atomic mass is 31.2. The van der Waals surface area contributed by atoms with Gasteiger partial charge in [0.1, 0.15) is 19.8 Å². The highest BCUT2D eigenvalue weighted by Gasteiger charge is 2.36. The lowest BCUT2D eigenvalue weighted by Crippen LogP contribution is -2.37. The Balaban J connectivity index is 2.36. The van der Waals surface area contributed by atoms with Crippen LogP contribution in [0.4, 0.5) is 0 Å². The molecule has 1 fully saturated rings. The van der Waals surface area contributed by atoms with Crippen molar-refractivity contribution >= 4 is 19.8 Å². The van der Waals surface area contributed by atoms with Crippen LogP contribution in [-0.4, -0.2) is 87.1 Å². The first-order chi connectivity index (χ1) is 27.5. The van der Waals surface area contributed by atoms with Gasteiger partial charge in [-0.2, -0.15) is 0 Å². The van der Waals surface area contributed by atoms with E-state index in [1.54, 1.807) is 0 Å². The van der Waals surface area contributed by atoms with Crippen LogP contribution in [0.1, 0.15) is 142 Å². The lowest BCUT2D eigenvalue weighted by atomic mass is 10.1. The van der Waals surface area contributed by atoms with E-state index in [0.29, 0.717) is 23.9 Å². The van der Waals surface area contributed by atoms with Gasteiger partial charge in [-0.05, 0) is 83.5 Å². The number of phosphoric acid groups is 1. The third-order valence-electron chi connectivity index (χ3n) is 9.14. The van der Waals surface area contributed by atoms with Crippen LogP contribution >= 0.6 is 7.82 Å². The van der Waals surface area contributed by atoms with Crippen LogP contribution in [-0.2, 0) is 37.4 Å². The van der Waals surface area contributed by atoms with Gasteiger partial charge < -0.3 is 23.6 Å². The Morgan fingerprint density at radius 3 is 1.86 bits per heavy atom. The lowest BCUT2D eigenvalue weighted by molar-refractivity contribution is -0.870. The van der Waals surface area contributed by atoms with Crippen molar-refractivity contribution in [3.05, 3.63) is 72.9 Å². The summed E-state index contributed by atoms with van der Waals surface area (Å²) in [5, 5.41) is 0. The lowest BCUT2D eigenvalue weighted by Gasteiger charge is -2.24. The third-order valence-corrected chi connectivity index (χ3v) is 10.1. The molecule has 0 saturated carbocycles. The first kappa shape index (κ1) is 52.4. The fraction of sp³-hybridized carbons (Fsp3) is 0.696. The zero-order valence-electron chi connectivity index (χ0n) is 36.2. The van der Waals surface area contributed by atoms with Gasteiger partial charge >= 0.3 is 19.8 Å². The molecule has 1 aliphatic rings. The number of phosphoric ester groups is 1. The van der Waals surface area contributed by atoms with E-state index < -0.39 is 32.5 Å². The quantitative estimate of drug-likeness (QED) is 0.0163. The number of quaternary nitrogens is 1. The molecule has 1 heterocycles. The van der Waals surface area contributed by atoms with Gasteiger partial charge in [-0.1, -0.05) is 119 Å². The maximum absolute atomic E-state index is 12.7. The average Bonchev–Trinajstić information content (AvgIpc) is 3.91. The summed E-state index contributed by atoms with van der Waals surface area (Å²) in [6, 6.07) is 0. The van der Waals surface area contributed by atoms with Gasteiger partial charge in [-0.3, -0.25) is 18.6 Å². The van der Waals surface area contributed by atoms with Crippen molar-refractivity contribution in [2.24, 2.45) is 0 Å². The minimum atomic E-state index is -4.40. The van der Waals surface area contributed by atoms with Gasteiger partial charge in [0.2, 0.25) is 0 Å². The van der Waals surface area contributed by atoms with Crippen molar-refractivity contribution in [1.29, 1.82) is 0 Å². The molecule has 3 unspecified atom stereocenters. The molecule has 1 saturated heterocycles. The number of hydrogen-bond donors (Lipinski definition) is 1. The van der Waals surface area contributed by atoms with E-state index in [1.807, 2.05) is 21.1 Å². The summed E-state index contributed by atoms with van der Waals surface area (Å²) in [5.74, 6) is -0.903. The topological polar surface area (TPSA) is 121 Å². The van der Waals surface area contributed by atoms with E-state index in [9.17, 15) is 19.0 Å². The van der Waals surface area contributed by atoms with Gasteiger partial charge in [0, 0.05) is 12.8 Å². The summed E-state index contributed by atoms with van der Waals surface area (Å²) in [6.45, 7) is 4.15. The van der Waals surface area contributed by atoms with E-state index in [4.69, 9.17) is 23.3 Å². The minimum absolute atomic E-state index is 0.0120. The minimum Gasteiger partial charge on any atom is -0.462 e. The Morgan fingerprint density at radius 2 is 1.23 bits per heavy atom. The molecule has 10 nitrogen and oxygen atoms in total. The number of likely N-dealkylation sites (N-methyl/N-ethyl adjacent to an activating group) is 1. The van der Waals surface area contributed by atoms with Gasteiger partial charge in [0.25, 0.3) is 0 Å². The Morgan fingerprint density at radius 1 is 0.667 bits per heavy atom. The standard InChI is InChI=1S/C46H78NO9P/c1-6-8-10-12-14-16-18-20-21-22-24-26-28-30-32-36-46(49)55-42(41-54-57(50,51)53-39-38-47(3,4)5)40-52-45(48)37-33-35-44-43(56-44)34-31-29-27-25-23-19-17-15-13-11-9-7-2/h8,10,14-17,20-21,23,25,29,31,42-44H,6-7,9,11-13,18-19,22,24,26-28,30,32-41H2,1-5H3/p+1/b10-8-,16-14-,17-15-,21-20-,25-23-,31-29-/t42-,43?,44?/m1/s1. The van der Waals surface area contributed by atoms with E-state index in [2.05, 4.69) is 86.8 Å². The van der Waals surface area contributed by atoms with Crippen molar-refractivity contribution in [2.75, 3.05) is 47.5 Å². The molecule has 0 spiro atoms. The molecule has 0 aromatic carbocycles. The van der Waals surface area contributed by atoms with Crippen LogP contribution in [0, 0.1) is 0 Å². The van der Waals surface area contributed by atoms with E-state index >= 15 is 0 Å². The SMILES string of the molecule is CC/C=C\C/C=C\C/C=C\CCCCCCCC(=O)O[C@H](COC(=O)CCCC1OC1C/C=C\C/C=C\C/C=C\CCCCC)COP(=O)(O)OCC[N+](C)(C)C. The summed E-state index contributed by atoms with van der Waals surface area (Å²) in [5.41, 5.74) is 0. The molecule has 4 atom stereocenters. The Labute approximate surface area is 346 Å². The average molecular weight is 821 g/mol. The van der Waals surface area contributed by atoms with Crippen molar-refractivity contribution in [1.82, 2.24) is 0 Å². The number of unbranched alkanes of at least 4 members (excludes halogenated alkanes) is 8. The summed E-state index contributed by atoms with van der Waals surface area (Å²) < 4.78 is 40.0. The molecule has 0 amide bonds. The smallest absolute Gasteiger partial charge is 0.462 e. The summed E-state index contributed by atoms with van der Waals surface area (Å²) in [4.78, 5) is 35.5. The number of esters is 2. The number of hydrogen-bond acceptors (Lipinski definition) is 8. The molecule has 11 heteroatoms. The Kier molecular flexibility index (Phi) is 31.5. The van der Waals surface area contributed by atoms with Gasteiger partial charge in [-0.25, -0.2) is 4.57 Å². The molecule has 1 N–H and O–H groups in total. The highest BCUT2D eigenvalue weighted by Crippen LogP contribution is 2.43. The number of carbonyl (C=O) groups is 2. The van der Waals surface area contributed by atoms with Crippen molar-refractivity contribution in [3.8, 4) is 0 Å². The van der Waals surface area contributed by atoms with E-state index in [-0.39, 0.29) is 38.3 Å². The number of epoxide rings is 1. The van der Waals surface area contributed by atoms with Crippen LogP contribution in [0.2, 0.25) is 0 Å². The fourth-order valence-electron chi connectivity index (χ4n) is 5.64. The zero-order valence-corrected chi connectivity index (χ0v) is 37.1. The monoisotopic (exact) mass is 821 g/mol. The maximum atomic E-state index is 12.7. The number of nitrogens with zero attached hydrogens (tertiary/aromatic N) is 1. The predicted molar refractivity (Wildman–Crippen MR) is 233 cm³/mol. The first-order valence-electron chi connectivity index (χ1n) is 21.8. The molecule has 0 aliphatic carbocycles. The second-order valence-electron chi connectivity index (χ2n) is 15.7. The van der Waals surface area contributed by atoms with Crippen LogP contribution in [0.25, 0.3) is 0 Å². The van der Waals surface area contributed by atoms with Crippen LogP contribution < -0.4 is 0 Å². The molecule has 0 aromatic rings. The third kappa shape index (κ3) is 35.1. The summed E-state index contributed by atoms with van der Waals surface area (Å²) >= 11 is 0. The highest BCUT2D eigenvalue weighted by molar-refractivity contribution is 7.47. The van der Waals surface area contributed by atoms with Crippen molar-refractivity contribution < 1.29 is 46.8 Å². The van der Waals surface area contributed by atoms with E-state index in [0.717, 1.165) is 77.0 Å². The van der Waals surface area contributed by atoms with Crippen LogP contribution in [0.3, 0.4) is 0 Å². The van der Waals surface area contributed by atoms with E-state index in [1.165, 1.54) is 25.7 Å². The predicted octanol–water partition coefficient (Wildman–Crippen LogP) is 11.2. The Hall–Kier alpha value is -2.59. The molecular weight excluding hydrogens is 741 g/mol. The molecular formula is C46H79NO9P+. The molecule has 1 aliphatic heterocycles. The maximum Gasteiger partial charge on any atom is 0.472 e. The molecule has 0 bridgehead atoms. The molecule has 1 rings (SSSR count). The molecule has 0 radical (unpaired) electrons. The molecule has 57 heavy (non-hydrogen) atoms. The van der Waals surface area contributed by atoms with Crippen LogP contribution in [0.15, 0.2) is 72.9 Å². The molecule has 0 aromatic heterocycles. The number of ether oxygens (including phenoxy) is 3. The van der Waals surface area contributed by atoms with Gasteiger partial charge in [-0.15, -0.1) is 0 Å². The van der Waals surface area contributed by atoms with Crippen molar-refractivity contribution in [3.63, 3.8) is 0 Å². The number of carbonyl (C=O) groups excluding carboxylic acids is 2. The van der Waals surface area contributed by atoms with Crippen molar-refractivity contribution in [2.45, 2.75) is 161 Å². The largest absolute Gasteiger partial charge is 0.472 e. The number of allylic oxidation sites excluding steroid dienone is 11. The number of rotatable bonds is 37. The van der Waals surface area contributed by atoms with Gasteiger partial charge in [0.05, 0.1) is 40.0 Å². The zero-order chi connectivity index (χ0) is 41.9. The second kappa shape index (κ2) is 34.3. The normalized spacial score (nSPS) is 17.9. The van der Waals surface area contributed by atoms with Crippen LogP contribution in [0.5, 0.6) is 0 Å². The van der Waals surface area contributed by atoms with Gasteiger partial charge in [0.15, 0.2) is 6.10 Å². The first-order valence-corrected chi connectivity index (χ1v) is 23.3.